The van der Waals surface area contributed by atoms with Gasteiger partial charge in [0.25, 0.3) is 0 Å². The highest BCUT2D eigenvalue weighted by Gasteiger charge is 2.20. The minimum Gasteiger partial charge on any atom is -0.456 e. The Kier molecular flexibility index (Phi) is 6.17. The zero-order chi connectivity index (χ0) is 30.5. The van der Waals surface area contributed by atoms with Crippen molar-refractivity contribution in [3.63, 3.8) is 0 Å². The lowest BCUT2D eigenvalue weighted by Gasteiger charge is -2.28. The zero-order valence-corrected chi connectivity index (χ0v) is 25.1. The van der Waals surface area contributed by atoms with E-state index in [1.165, 1.54) is 43.8 Å². The van der Waals surface area contributed by atoms with Gasteiger partial charge in [0.1, 0.15) is 11.2 Å². The molecule has 216 valence electrons. The summed E-state index contributed by atoms with van der Waals surface area (Å²) in [6.07, 6.45) is 0. The summed E-state index contributed by atoms with van der Waals surface area (Å²) in [4.78, 5) is 2.37. The van der Waals surface area contributed by atoms with Gasteiger partial charge >= 0.3 is 0 Å². The fourth-order valence-corrected chi connectivity index (χ4v) is 6.82. The molecule has 0 saturated heterocycles. The van der Waals surface area contributed by atoms with Crippen LogP contribution in [0.1, 0.15) is 0 Å². The van der Waals surface area contributed by atoms with E-state index in [0.717, 1.165) is 39.0 Å². The maximum atomic E-state index is 6.39. The topological polar surface area (TPSA) is 16.4 Å². The van der Waals surface area contributed by atoms with E-state index in [1.54, 1.807) is 0 Å². The molecule has 0 aliphatic rings. The van der Waals surface area contributed by atoms with Crippen molar-refractivity contribution in [2.24, 2.45) is 0 Å². The third kappa shape index (κ3) is 4.43. The summed E-state index contributed by atoms with van der Waals surface area (Å²) >= 11 is 0. The van der Waals surface area contributed by atoms with Crippen LogP contribution in [-0.2, 0) is 0 Å². The predicted molar refractivity (Wildman–Crippen MR) is 194 cm³/mol. The van der Waals surface area contributed by atoms with E-state index in [4.69, 9.17) is 4.42 Å². The maximum Gasteiger partial charge on any atom is 0.137 e. The first-order valence-corrected chi connectivity index (χ1v) is 15.7. The highest BCUT2D eigenvalue weighted by Crippen LogP contribution is 2.44. The number of hydrogen-bond donors (Lipinski definition) is 0. The van der Waals surface area contributed by atoms with Crippen molar-refractivity contribution in [1.82, 2.24) is 0 Å². The Morgan fingerprint density at radius 3 is 1.89 bits per heavy atom. The van der Waals surface area contributed by atoms with Gasteiger partial charge in [0, 0.05) is 33.6 Å². The molecule has 46 heavy (non-hydrogen) atoms. The van der Waals surface area contributed by atoms with Crippen LogP contribution < -0.4 is 4.90 Å². The van der Waals surface area contributed by atoms with Gasteiger partial charge in [-0.3, -0.25) is 0 Å². The molecule has 0 fully saturated rings. The van der Waals surface area contributed by atoms with Gasteiger partial charge in [0.2, 0.25) is 0 Å². The summed E-state index contributed by atoms with van der Waals surface area (Å²) in [5.41, 5.74) is 9.80. The zero-order valence-electron chi connectivity index (χ0n) is 25.1. The van der Waals surface area contributed by atoms with Crippen molar-refractivity contribution >= 4 is 60.5 Å². The Labute approximate surface area is 267 Å². The van der Waals surface area contributed by atoms with Crippen LogP contribution in [0.5, 0.6) is 0 Å². The number of hydrogen-bond acceptors (Lipinski definition) is 2. The van der Waals surface area contributed by atoms with Crippen molar-refractivity contribution in [3.8, 4) is 22.3 Å². The second kappa shape index (κ2) is 10.8. The molecular formula is C44H29NO. The highest BCUT2D eigenvalue weighted by atomic mass is 16.3. The summed E-state index contributed by atoms with van der Waals surface area (Å²) in [6, 6.07) is 62.8. The third-order valence-electron chi connectivity index (χ3n) is 9.04. The predicted octanol–water partition coefficient (Wildman–Crippen LogP) is 12.7. The number of benzene rings is 8. The van der Waals surface area contributed by atoms with Crippen molar-refractivity contribution in [3.05, 3.63) is 176 Å². The van der Waals surface area contributed by atoms with Gasteiger partial charge in [-0.1, -0.05) is 127 Å². The molecule has 0 amide bonds. The van der Waals surface area contributed by atoms with E-state index < -0.39 is 0 Å². The minimum atomic E-state index is 0.875. The average Bonchev–Trinajstić information content (AvgIpc) is 3.50. The van der Waals surface area contributed by atoms with Crippen LogP contribution in [0.2, 0.25) is 0 Å². The molecule has 0 bridgehead atoms. The standard InChI is InChI=1S/C44H29NO/c1-2-10-30(11-3-1)32-22-24-36(25-23-32)45(37-26-27-40-39-16-6-7-19-42(39)46-43(40)29-37)41-18-9-15-33-14-8-17-38(44(33)41)35-21-20-31-12-4-5-13-34(31)28-35/h1-29H. The van der Waals surface area contributed by atoms with Gasteiger partial charge in [0.15, 0.2) is 0 Å². The first-order valence-electron chi connectivity index (χ1n) is 15.7. The Balaban J connectivity index is 1.28. The van der Waals surface area contributed by atoms with Crippen molar-refractivity contribution in [2.45, 2.75) is 0 Å². The molecule has 9 aromatic rings. The van der Waals surface area contributed by atoms with Gasteiger partial charge in [-0.05, 0) is 80.9 Å². The quantitative estimate of drug-likeness (QED) is 0.199. The van der Waals surface area contributed by atoms with E-state index in [9.17, 15) is 0 Å². The monoisotopic (exact) mass is 587 g/mol. The van der Waals surface area contributed by atoms with E-state index in [0.29, 0.717) is 0 Å². The maximum absolute atomic E-state index is 6.39. The molecule has 0 unspecified atom stereocenters. The van der Waals surface area contributed by atoms with Gasteiger partial charge < -0.3 is 9.32 Å². The van der Waals surface area contributed by atoms with Crippen LogP contribution in [0.3, 0.4) is 0 Å². The first kappa shape index (κ1) is 26.3. The highest BCUT2D eigenvalue weighted by molar-refractivity contribution is 6.10. The Bertz CT molecular complexity index is 2520. The summed E-state index contributed by atoms with van der Waals surface area (Å²) in [5.74, 6) is 0. The largest absolute Gasteiger partial charge is 0.456 e. The molecule has 0 atom stereocenters. The number of nitrogens with zero attached hydrogens (tertiary/aromatic N) is 1. The molecule has 0 saturated carbocycles. The fourth-order valence-electron chi connectivity index (χ4n) is 6.82. The number of furan rings is 1. The Morgan fingerprint density at radius 1 is 0.370 bits per heavy atom. The number of fused-ring (bicyclic) bond motifs is 5. The van der Waals surface area contributed by atoms with Crippen LogP contribution in [0.15, 0.2) is 180 Å². The second-order valence-corrected chi connectivity index (χ2v) is 11.8. The molecule has 9 rings (SSSR count). The molecule has 0 aliphatic heterocycles. The van der Waals surface area contributed by atoms with Gasteiger partial charge in [-0.25, -0.2) is 0 Å². The van der Waals surface area contributed by atoms with E-state index >= 15 is 0 Å². The van der Waals surface area contributed by atoms with Gasteiger partial charge in [0.05, 0.1) is 5.69 Å². The Morgan fingerprint density at radius 2 is 1.02 bits per heavy atom. The molecule has 0 N–H and O–H groups in total. The fraction of sp³-hybridized carbons (Fsp3) is 0. The van der Waals surface area contributed by atoms with Crippen molar-refractivity contribution < 1.29 is 4.42 Å². The smallest absolute Gasteiger partial charge is 0.137 e. The molecule has 0 aliphatic carbocycles. The summed E-state index contributed by atoms with van der Waals surface area (Å²) in [5, 5.41) is 7.13. The first-order chi connectivity index (χ1) is 22.8. The minimum absolute atomic E-state index is 0.875. The van der Waals surface area contributed by atoms with Crippen LogP contribution >= 0.6 is 0 Å². The average molecular weight is 588 g/mol. The summed E-state index contributed by atoms with van der Waals surface area (Å²) in [7, 11) is 0. The lowest BCUT2D eigenvalue weighted by molar-refractivity contribution is 0.669. The molecule has 0 radical (unpaired) electrons. The van der Waals surface area contributed by atoms with Crippen molar-refractivity contribution in [1.29, 1.82) is 0 Å². The SMILES string of the molecule is c1ccc(-c2ccc(N(c3ccc4c(c3)oc3ccccc34)c3cccc4cccc(-c5ccc6ccccc6c5)c34)cc2)cc1. The number of anilines is 3. The van der Waals surface area contributed by atoms with Crippen LogP contribution in [0.25, 0.3) is 65.7 Å². The number of rotatable bonds is 5. The lowest BCUT2D eigenvalue weighted by Crippen LogP contribution is -2.10. The van der Waals surface area contributed by atoms with E-state index in [-0.39, 0.29) is 0 Å². The molecule has 2 heteroatoms. The molecule has 1 heterocycles. The van der Waals surface area contributed by atoms with Crippen LogP contribution in [0, 0.1) is 0 Å². The Hall–Kier alpha value is -6.12. The van der Waals surface area contributed by atoms with E-state index in [2.05, 4.69) is 169 Å². The van der Waals surface area contributed by atoms with E-state index in [1.807, 2.05) is 12.1 Å². The second-order valence-electron chi connectivity index (χ2n) is 11.8. The summed E-state index contributed by atoms with van der Waals surface area (Å²) < 4.78 is 6.39. The van der Waals surface area contributed by atoms with Gasteiger partial charge in [-0.2, -0.15) is 0 Å². The molecule has 0 spiro atoms. The number of para-hydroxylation sites is 1. The lowest BCUT2D eigenvalue weighted by atomic mass is 9.94. The molecule has 8 aromatic carbocycles. The molecular weight excluding hydrogens is 558 g/mol. The van der Waals surface area contributed by atoms with Crippen LogP contribution in [0.4, 0.5) is 17.1 Å². The van der Waals surface area contributed by atoms with Crippen molar-refractivity contribution in [2.75, 3.05) is 4.90 Å². The molecule has 1 aromatic heterocycles. The third-order valence-corrected chi connectivity index (χ3v) is 9.04. The molecule has 2 nitrogen and oxygen atoms in total. The van der Waals surface area contributed by atoms with Crippen LogP contribution in [-0.4, -0.2) is 0 Å². The normalized spacial score (nSPS) is 11.5. The summed E-state index contributed by atoms with van der Waals surface area (Å²) in [6.45, 7) is 0. The van der Waals surface area contributed by atoms with Gasteiger partial charge in [-0.15, -0.1) is 0 Å².